The monoisotopic (exact) mass is 320 g/mol. The van der Waals surface area contributed by atoms with Crippen LogP contribution >= 0.6 is 0 Å². The van der Waals surface area contributed by atoms with Gasteiger partial charge in [0.15, 0.2) is 0 Å². The second-order valence-corrected chi connectivity index (χ2v) is 7.04. The van der Waals surface area contributed by atoms with E-state index >= 15 is 0 Å². The van der Waals surface area contributed by atoms with Crippen molar-refractivity contribution in [3.05, 3.63) is 29.8 Å². The van der Waals surface area contributed by atoms with Gasteiger partial charge in [0.1, 0.15) is 18.5 Å². The number of benzene rings is 1. The summed E-state index contributed by atoms with van der Waals surface area (Å²) in [5.74, 6) is 0.312. The summed E-state index contributed by atoms with van der Waals surface area (Å²) in [5, 5.41) is 9.47. The molecular formula is C19H28O4. The molecule has 23 heavy (non-hydrogen) atoms. The van der Waals surface area contributed by atoms with E-state index in [0.717, 1.165) is 37.2 Å². The standard InChI is InChI=1S/C19H28O4/c1-4-5-8-14(11-19(2,3)18(20)21)16-9-6-7-10-17(16)23-13-15-12-22-15/h6-7,9-10,14-15H,4-5,8,11-13H2,1-3H3,(H,20,21)/t14-,15?/m0/s1. The van der Waals surface area contributed by atoms with Crippen molar-refractivity contribution in [2.75, 3.05) is 13.2 Å². The number of carbonyl (C=O) groups is 1. The molecule has 0 saturated carbocycles. The average Bonchev–Trinajstić information content (AvgIpc) is 3.34. The molecule has 1 aliphatic rings. The number of hydrogen-bond acceptors (Lipinski definition) is 3. The molecule has 128 valence electrons. The molecular weight excluding hydrogens is 292 g/mol. The van der Waals surface area contributed by atoms with E-state index in [4.69, 9.17) is 9.47 Å². The fourth-order valence-corrected chi connectivity index (χ4v) is 2.82. The van der Waals surface area contributed by atoms with E-state index in [9.17, 15) is 9.90 Å². The molecule has 1 unspecified atom stereocenters. The van der Waals surface area contributed by atoms with E-state index in [0.29, 0.717) is 13.0 Å². The summed E-state index contributed by atoms with van der Waals surface area (Å²) in [4.78, 5) is 11.5. The van der Waals surface area contributed by atoms with Crippen LogP contribution in [-0.4, -0.2) is 30.4 Å². The lowest BCUT2D eigenvalue weighted by atomic mass is 9.77. The number of carboxylic acid groups (broad SMARTS) is 1. The third kappa shape index (κ3) is 5.24. The Balaban J connectivity index is 2.17. The van der Waals surface area contributed by atoms with Gasteiger partial charge in [0.05, 0.1) is 12.0 Å². The maximum atomic E-state index is 11.5. The number of rotatable bonds is 10. The number of hydrogen-bond donors (Lipinski definition) is 1. The first-order valence-corrected chi connectivity index (χ1v) is 8.50. The Kier molecular flexibility index (Phi) is 6.05. The molecule has 4 nitrogen and oxygen atoms in total. The zero-order valence-corrected chi connectivity index (χ0v) is 14.4. The Morgan fingerprint density at radius 2 is 2.13 bits per heavy atom. The van der Waals surface area contributed by atoms with E-state index in [2.05, 4.69) is 13.0 Å². The van der Waals surface area contributed by atoms with Crippen LogP contribution in [0.15, 0.2) is 24.3 Å². The predicted molar refractivity (Wildman–Crippen MR) is 90.0 cm³/mol. The van der Waals surface area contributed by atoms with Crippen molar-refractivity contribution in [3.8, 4) is 5.75 Å². The van der Waals surface area contributed by atoms with Gasteiger partial charge in [-0.15, -0.1) is 0 Å². The van der Waals surface area contributed by atoms with Crippen molar-refractivity contribution in [3.63, 3.8) is 0 Å². The van der Waals surface area contributed by atoms with Gasteiger partial charge in [-0.3, -0.25) is 4.79 Å². The first kappa shape index (κ1) is 17.8. The molecule has 2 atom stereocenters. The van der Waals surface area contributed by atoms with Crippen molar-refractivity contribution in [2.45, 2.75) is 58.5 Å². The quantitative estimate of drug-likeness (QED) is 0.655. The molecule has 0 bridgehead atoms. The molecule has 2 rings (SSSR count). The zero-order valence-electron chi connectivity index (χ0n) is 14.4. The number of para-hydroxylation sites is 1. The minimum atomic E-state index is -0.747. The van der Waals surface area contributed by atoms with Crippen molar-refractivity contribution >= 4 is 5.97 Å². The van der Waals surface area contributed by atoms with Crippen LogP contribution in [0.1, 0.15) is 57.9 Å². The Morgan fingerprint density at radius 1 is 1.43 bits per heavy atom. The lowest BCUT2D eigenvalue weighted by Crippen LogP contribution is -2.26. The lowest BCUT2D eigenvalue weighted by Gasteiger charge is -2.27. The molecule has 1 fully saturated rings. The maximum absolute atomic E-state index is 11.5. The molecule has 0 spiro atoms. The number of aliphatic carboxylic acids is 1. The summed E-state index contributed by atoms with van der Waals surface area (Å²) in [7, 11) is 0. The lowest BCUT2D eigenvalue weighted by molar-refractivity contribution is -0.147. The average molecular weight is 320 g/mol. The molecule has 0 amide bonds. The third-order valence-corrected chi connectivity index (χ3v) is 4.43. The zero-order chi connectivity index (χ0) is 16.9. The van der Waals surface area contributed by atoms with E-state index in [1.807, 2.05) is 18.2 Å². The second kappa shape index (κ2) is 7.82. The van der Waals surface area contributed by atoms with Gasteiger partial charge in [-0.05, 0) is 44.2 Å². The normalized spacial score (nSPS) is 18.5. The molecule has 1 aromatic carbocycles. The highest BCUT2D eigenvalue weighted by Gasteiger charge is 2.32. The Morgan fingerprint density at radius 3 is 2.74 bits per heavy atom. The fourth-order valence-electron chi connectivity index (χ4n) is 2.82. The summed E-state index contributed by atoms with van der Waals surface area (Å²) in [6, 6.07) is 8.01. The summed E-state index contributed by atoms with van der Waals surface area (Å²) >= 11 is 0. The SMILES string of the molecule is CCCC[C@@H](CC(C)(C)C(=O)O)c1ccccc1OCC1CO1. The second-order valence-electron chi connectivity index (χ2n) is 7.04. The Labute approximate surface area is 138 Å². The van der Waals surface area contributed by atoms with Crippen molar-refractivity contribution in [1.82, 2.24) is 0 Å². The van der Waals surface area contributed by atoms with Crippen LogP contribution < -0.4 is 4.74 Å². The van der Waals surface area contributed by atoms with Crippen LogP contribution in [0, 0.1) is 5.41 Å². The van der Waals surface area contributed by atoms with Gasteiger partial charge in [0.25, 0.3) is 0 Å². The largest absolute Gasteiger partial charge is 0.490 e. The van der Waals surface area contributed by atoms with Crippen LogP contribution in [-0.2, 0) is 9.53 Å². The van der Waals surface area contributed by atoms with E-state index in [1.165, 1.54) is 0 Å². The summed E-state index contributed by atoms with van der Waals surface area (Å²) in [6.07, 6.45) is 3.99. The number of unbranched alkanes of at least 4 members (excludes halogenated alkanes) is 1. The molecule has 0 radical (unpaired) electrons. The van der Waals surface area contributed by atoms with E-state index in [1.54, 1.807) is 13.8 Å². The molecule has 1 heterocycles. The first-order chi connectivity index (χ1) is 10.9. The van der Waals surface area contributed by atoms with E-state index in [-0.39, 0.29) is 12.0 Å². The van der Waals surface area contributed by atoms with Crippen LogP contribution in [0.5, 0.6) is 5.75 Å². The van der Waals surface area contributed by atoms with Gasteiger partial charge in [-0.25, -0.2) is 0 Å². The van der Waals surface area contributed by atoms with Gasteiger partial charge < -0.3 is 14.6 Å². The smallest absolute Gasteiger partial charge is 0.309 e. The molecule has 0 aromatic heterocycles. The minimum Gasteiger partial charge on any atom is -0.490 e. The summed E-state index contributed by atoms with van der Waals surface area (Å²) < 4.78 is 11.1. The Hall–Kier alpha value is -1.55. The van der Waals surface area contributed by atoms with Crippen molar-refractivity contribution in [1.29, 1.82) is 0 Å². The van der Waals surface area contributed by atoms with Crippen molar-refractivity contribution in [2.24, 2.45) is 5.41 Å². The Bertz CT molecular complexity index is 520. The molecule has 4 heteroatoms. The highest BCUT2D eigenvalue weighted by molar-refractivity contribution is 5.73. The predicted octanol–water partition coefficient (Wildman–Crippen LogP) is 4.24. The highest BCUT2D eigenvalue weighted by Crippen LogP contribution is 2.39. The third-order valence-electron chi connectivity index (χ3n) is 4.43. The van der Waals surface area contributed by atoms with Gasteiger partial charge >= 0.3 is 5.97 Å². The molecule has 1 saturated heterocycles. The minimum absolute atomic E-state index is 0.192. The maximum Gasteiger partial charge on any atom is 0.309 e. The van der Waals surface area contributed by atoms with Crippen LogP contribution in [0.3, 0.4) is 0 Å². The van der Waals surface area contributed by atoms with Gasteiger partial charge in [0.2, 0.25) is 0 Å². The van der Waals surface area contributed by atoms with Crippen LogP contribution in [0.25, 0.3) is 0 Å². The number of ether oxygens (including phenoxy) is 2. The van der Waals surface area contributed by atoms with Gasteiger partial charge in [0, 0.05) is 0 Å². The van der Waals surface area contributed by atoms with Crippen LogP contribution in [0.2, 0.25) is 0 Å². The molecule has 0 aliphatic carbocycles. The van der Waals surface area contributed by atoms with Gasteiger partial charge in [-0.1, -0.05) is 38.0 Å². The molecule has 1 aliphatic heterocycles. The molecule has 1 N–H and O–H groups in total. The summed E-state index contributed by atoms with van der Waals surface area (Å²) in [5.41, 5.74) is 0.376. The fraction of sp³-hybridized carbons (Fsp3) is 0.632. The molecule has 1 aromatic rings. The van der Waals surface area contributed by atoms with Crippen LogP contribution in [0.4, 0.5) is 0 Å². The van der Waals surface area contributed by atoms with Gasteiger partial charge in [-0.2, -0.15) is 0 Å². The topological polar surface area (TPSA) is 59.1 Å². The summed E-state index contributed by atoms with van der Waals surface area (Å²) in [6.45, 7) is 7.10. The van der Waals surface area contributed by atoms with E-state index < -0.39 is 11.4 Å². The highest BCUT2D eigenvalue weighted by atomic mass is 16.6. The number of epoxide rings is 1. The van der Waals surface area contributed by atoms with Crippen molar-refractivity contribution < 1.29 is 19.4 Å². The first-order valence-electron chi connectivity index (χ1n) is 8.50. The number of carboxylic acids is 1.